The molecule has 4 rings (SSSR count). The average molecular weight is 423 g/mol. The van der Waals surface area contributed by atoms with Crippen molar-refractivity contribution in [3.8, 4) is 35.4 Å². The van der Waals surface area contributed by atoms with Gasteiger partial charge in [-0.25, -0.2) is 0 Å². The van der Waals surface area contributed by atoms with E-state index in [9.17, 15) is 21.0 Å². The second-order valence-corrected chi connectivity index (χ2v) is 7.69. The predicted molar refractivity (Wildman–Crippen MR) is 130 cm³/mol. The number of hydrogen-bond acceptors (Lipinski definition) is 5. The van der Waals surface area contributed by atoms with Crippen LogP contribution in [0.1, 0.15) is 0 Å². The van der Waals surface area contributed by atoms with Gasteiger partial charge in [-0.05, 0) is 50.9 Å². The van der Waals surface area contributed by atoms with Crippen molar-refractivity contribution < 1.29 is 0 Å². The highest BCUT2D eigenvalue weighted by atomic mass is 15.1. The second kappa shape index (κ2) is 8.56. The maximum atomic E-state index is 9.71. The lowest BCUT2D eigenvalue weighted by Gasteiger charge is -2.13. The van der Waals surface area contributed by atoms with Crippen LogP contribution in [0.4, 0.5) is 5.69 Å². The van der Waals surface area contributed by atoms with Crippen molar-refractivity contribution in [1.29, 1.82) is 21.0 Å². The first-order valence-electron chi connectivity index (χ1n) is 10.1. The Morgan fingerprint density at radius 3 is 1.52 bits per heavy atom. The molecule has 0 aromatic heterocycles. The molecule has 4 aromatic carbocycles. The number of rotatable bonds is 2. The molecule has 0 amide bonds. The van der Waals surface area contributed by atoms with E-state index >= 15 is 0 Å². The Labute approximate surface area is 191 Å². The van der Waals surface area contributed by atoms with Crippen LogP contribution in [0, 0.1) is 45.3 Å². The van der Waals surface area contributed by atoms with Gasteiger partial charge in [0.2, 0.25) is 0 Å². The minimum Gasteiger partial charge on any atom is -0.378 e. The topological polar surface area (TPSA) is 98.4 Å². The first-order valence-corrected chi connectivity index (χ1v) is 10.1. The molecule has 0 atom stereocenters. The van der Waals surface area contributed by atoms with Crippen LogP contribution < -0.4 is 15.3 Å². The molecule has 0 unspecified atom stereocenters. The van der Waals surface area contributed by atoms with E-state index in [4.69, 9.17) is 0 Å². The standard InChI is InChI=1S/C28H17N5/c1-33(2)22-10-7-18(8-11-22)19-9-12-25-26(13-19)28(21(16-31)17-32)24-6-4-3-5-23(24)27(25)20(14-29)15-30/h3-13H,1-2H3. The van der Waals surface area contributed by atoms with Gasteiger partial charge in [-0.1, -0.05) is 48.5 Å². The Bertz CT molecular complexity index is 1680. The van der Waals surface area contributed by atoms with Gasteiger partial charge in [-0.3, -0.25) is 0 Å². The summed E-state index contributed by atoms with van der Waals surface area (Å²) in [4.78, 5) is 2.02. The van der Waals surface area contributed by atoms with Crippen molar-refractivity contribution in [2.75, 3.05) is 19.0 Å². The zero-order valence-corrected chi connectivity index (χ0v) is 18.1. The second-order valence-electron chi connectivity index (χ2n) is 7.69. The number of benzene rings is 4. The molecule has 0 aliphatic carbocycles. The third-order valence-corrected chi connectivity index (χ3v) is 5.69. The smallest absolute Gasteiger partial charge is 0.138 e. The summed E-state index contributed by atoms with van der Waals surface area (Å²) in [6.07, 6.45) is 0. The van der Waals surface area contributed by atoms with Gasteiger partial charge in [0.1, 0.15) is 35.4 Å². The average Bonchev–Trinajstić information content (AvgIpc) is 2.86. The molecule has 0 fully saturated rings. The van der Waals surface area contributed by atoms with Crippen LogP contribution in [0.3, 0.4) is 0 Å². The molecule has 0 radical (unpaired) electrons. The molecule has 5 nitrogen and oxygen atoms in total. The predicted octanol–water partition coefficient (Wildman–Crippen LogP) is 4.12. The number of nitrogens with zero attached hydrogens (tertiary/aromatic N) is 5. The molecule has 0 heterocycles. The normalized spacial score (nSPS) is 10.0. The first kappa shape index (κ1) is 21.1. The lowest BCUT2D eigenvalue weighted by atomic mass is 9.91. The molecule has 33 heavy (non-hydrogen) atoms. The summed E-state index contributed by atoms with van der Waals surface area (Å²) in [7, 11) is 3.95. The lowest BCUT2D eigenvalue weighted by Crippen LogP contribution is -2.18. The Morgan fingerprint density at radius 2 is 1.03 bits per heavy atom. The van der Waals surface area contributed by atoms with Crippen LogP contribution in [-0.2, 0) is 0 Å². The van der Waals surface area contributed by atoms with Crippen LogP contribution in [0.25, 0.3) is 43.8 Å². The molecule has 0 aliphatic rings. The Kier molecular flexibility index (Phi) is 5.49. The molecule has 0 spiro atoms. The van der Waals surface area contributed by atoms with E-state index in [1.54, 1.807) is 0 Å². The fourth-order valence-corrected chi connectivity index (χ4v) is 4.12. The fraction of sp³-hybridized carbons (Fsp3) is 0.0714. The molecule has 0 bridgehead atoms. The molecule has 0 saturated heterocycles. The van der Waals surface area contributed by atoms with Gasteiger partial charge in [-0.2, -0.15) is 21.0 Å². The van der Waals surface area contributed by atoms with Crippen LogP contribution in [0.2, 0.25) is 0 Å². The zero-order chi connectivity index (χ0) is 23.5. The van der Waals surface area contributed by atoms with Gasteiger partial charge in [0.05, 0.1) is 0 Å². The lowest BCUT2D eigenvalue weighted by molar-refractivity contribution is 1.13. The quantitative estimate of drug-likeness (QED) is 0.452. The monoisotopic (exact) mass is 423 g/mol. The van der Waals surface area contributed by atoms with Gasteiger partial charge in [-0.15, -0.1) is 0 Å². The Hall–Kier alpha value is -5.10. The van der Waals surface area contributed by atoms with Crippen molar-refractivity contribution in [3.63, 3.8) is 0 Å². The van der Waals surface area contributed by atoms with Crippen molar-refractivity contribution in [3.05, 3.63) is 77.2 Å². The Morgan fingerprint density at radius 1 is 0.576 bits per heavy atom. The van der Waals surface area contributed by atoms with Crippen LogP contribution in [0.15, 0.2) is 66.7 Å². The van der Waals surface area contributed by atoms with Gasteiger partial charge in [0.15, 0.2) is 0 Å². The highest BCUT2D eigenvalue weighted by Gasteiger charge is 2.13. The number of hydrogen-bond donors (Lipinski definition) is 0. The van der Waals surface area contributed by atoms with Gasteiger partial charge >= 0.3 is 0 Å². The van der Waals surface area contributed by atoms with E-state index in [0.717, 1.165) is 16.8 Å². The van der Waals surface area contributed by atoms with Crippen LogP contribution in [-0.4, -0.2) is 14.1 Å². The van der Waals surface area contributed by atoms with Gasteiger partial charge in [0.25, 0.3) is 0 Å². The van der Waals surface area contributed by atoms with E-state index in [2.05, 4.69) is 0 Å². The van der Waals surface area contributed by atoms with E-state index in [-0.39, 0.29) is 11.1 Å². The molecular formula is C28H17N5. The fourth-order valence-electron chi connectivity index (χ4n) is 4.12. The van der Waals surface area contributed by atoms with E-state index in [1.165, 1.54) is 0 Å². The maximum absolute atomic E-state index is 9.71. The third kappa shape index (κ3) is 3.51. The summed E-state index contributed by atoms with van der Waals surface area (Å²) in [5.41, 5.74) is 2.92. The van der Waals surface area contributed by atoms with Crippen molar-refractivity contribution in [2.24, 2.45) is 0 Å². The summed E-state index contributed by atoms with van der Waals surface area (Å²) < 4.78 is 0. The maximum Gasteiger partial charge on any atom is 0.138 e. The van der Waals surface area contributed by atoms with E-state index in [0.29, 0.717) is 32.0 Å². The molecule has 5 heteroatoms. The number of anilines is 1. The van der Waals surface area contributed by atoms with Crippen molar-refractivity contribution >= 4 is 38.4 Å². The van der Waals surface area contributed by atoms with Gasteiger partial charge < -0.3 is 4.90 Å². The molecule has 4 aromatic rings. The number of nitriles is 4. The third-order valence-electron chi connectivity index (χ3n) is 5.69. The summed E-state index contributed by atoms with van der Waals surface area (Å²) >= 11 is 0. The molecule has 0 saturated carbocycles. The zero-order valence-electron chi connectivity index (χ0n) is 18.1. The first-order chi connectivity index (χ1) is 16.0. The van der Waals surface area contributed by atoms with E-state index < -0.39 is 0 Å². The summed E-state index contributed by atoms with van der Waals surface area (Å²) in [5, 5.41) is 42.4. The van der Waals surface area contributed by atoms with Crippen LogP contribution >= 0.6 is 0 Å². The molecule has 0 aliphatic heterocycles. The molecular weight excluding hydrogens is 406 g/mol. The number of fused-ring (bicyclic) bond motifs is 2. The minimum atomic E-state index is -0.0154. The molecule has 154 valence electrons. The van der Waals surface area contributed by atoms with E-state index in [1.807, 2.05) is 110 Å². The van der Waals surface area contributed by atoms with Crippen molar-refractivity contribution in [1.82, 2.24) is 0 Å². The largest absolute Gasteiger partial charge is 0.378 e. The SMILES string of the molecule is CN(C)c1ccc(-c2ccc3c(=C(C#N)C#N)c4ccccc4c(=C(C#N)C#N)c3c2)cc1. The summed E-state index contributed by atoms with van der Waals surface area (Å²) in [6.45, 7) is 0. The minimum absolute atomic E-state index is 0.0127. The highest BCUT2D eigenvalue weighted by molar-refractivity contribution is 6.06. The highest BCUT2D eigenvalue weighted by Crippen LogP contribution is 2.26. The van der Waals surface area contributed by atoms with Gasteiger partial charge in [0, 0.05) is 30.2 Å². The summed E-state index contributed by atoms with van der Waals surface area (Å²) in [5.74, 6) is 0. The van der Waals surface area contributed by atoms with Crippen LogP contribution in [0.5, 0.6) is 0 Å². The van der Waals surface area contributed by atoms with Crippen molar-refractivity contribution in [2.45, 2.75) is 0 Å². The molecule has 0 N–H and O–H groups in total. The summed E-state index contributed by atoms with van der Waals surface area (Å²) in [6, 6.07) is 29.1. The Balaban J connectivity index is 2.26.